The second-order valence-electron chi connectivity index (χ2n) is 5.89. The van der Waals surface area contributed by atoms with Gasteiger partial charge in [0, 0.05) is 19.8 Å². The highest BCUT2D eigenvalue weighted by Gasteiger charge is 2.07. The number of aromatic nitrogens is 4. The van der Waals surface area contributed by atoms with E-state index in [-0.39, 0.29) is 0 Å². The van der Waals surface area contributed by atoms with E-state index in [2.05, 4.69) is 47.5 Å². The van der Waals surface area contributed by atoms with Crippen molar-refractivity contribution in [1.82, 2.24) is 19.6 Å². The molecule has 0 radical (unpaired) electrons. The van der Waals surface area contributed by atoms with Crippen LogP contribution in [0.5, 0.6) is 0 Å². The minimum absolute atomic E-state index is 1.02. The molecule has 3 aromatic rings. The van der Waals surface area contributed by atoms with E-state index < -0.39 is 0 Å². The summed E-state index contributed by atoms with van der Waals surface area (Å²) in [5.41, 5.74) is 7.35. The summed E-state index contributed by atoms with van der Waals surface area (Å²) < 4.78 is 3.91. The van der Waals surface area contributed by atoms with E-state index in [1.54, 1.807) is 0 Å². The van der Waals surface area contributed by atoms with Crippen LogP contribution >= 0.6 is 0 Å². The Bertz CT molecular complexity index is 759. The Morgan fingerprint density at radius 3 is 2.23 bits per heavy atom. The Balaban J connectivity index is 1.73. The predicted molar refractivity (Wildman–Crippen MR) is 88.7 cm³/mol. The quantitative estimate of drug-likeness (QED) is 0.740. The molecule has 0 unspecified atom stereocenters. The molecular weight excluding hydrogens is 272 g/mol. The van der Waals surface area contributed by atoms with Crippen LogP contribution in [0.4, 0.5) is 0 Å². The normalized spacial score (nSPS) is 11.1. The molecule has 0 spiro atoms. The van der Waals surface area contributed by atoms with Gasteiger partial charge in [0.05, 0.1) is 17.6 Å². The number of hydrogen-bond donors (Lipinski definition) is 0. The number of nitrogens with zero attached hydrogens (tertiary/aromatic N) is 4. The average Bonchev–Trinajstić information content (AvgIpc) is 3.00. The molecule has 0 fully saturated rings. The van der Waals surface area contributed by atoms with E-state index in [1.165, 1.54) is 22.4 Å². The molecule has 0 amide bonds. The van der Waals surface area contributed by atoms with Gasteiger partial charge in [0.25, 0.3) is 0 Å². The molecular formula is C18H22N4. The van der Waals surface area contributed by atoms with Gasteiger partial charge in [-0.15, -0.1) is 0 Å². The second kappa shape index (κ2) is 5.79. The Labute approximate surface area is 131 Å². The van der Waals surface area contributed by atoms with Crippen LogP contribution in [0.1, 0.15) is 22.5 Å². The lowest BCUT2D eigenvalue weighted by atomic mass is 10.0. The van der Waals surface area contributed by atoms with Crippen LogP contribution in [0.25, 0.3) is 11.3 Å². The molecule has 0 aliphatic rings. The first-order chi connectivity index (χ1) is 10.5. The van der Waals surface area contributed by atoms with E-state index in [0.29, 0.717) is 0 Å². The predicted octanol–water partition coefficient (Wildman–Crippen LogP) is 3.22. The SMILES string of the molecule is Cc1cc(-c2ccc(CCc3c(C)cnn3C)cc2)n(C)n1. The molecule has 4 heteroatoms. The number of hydrogen-bond acceptors (Lipinski definition) is 2. The molecule has 3 rings (SSSR count). The van der Waals surface area contributed by atoms with Gasteiger partial charge in [-0.3, -0.25) is 9.36 Å². The molecule has 2 heterocycles. The zero-order chi connectivity index (χ0) is 15.7. The van der Waals surface area contributed by atoms with E-state index in [0.717, 1.165) is 24.2 Å². The minimum Gasteiger partial charge on any atom is -0.272 e. The molecule has 0 N–H and O–H groups in total. The first kappa shape index (κ1) is 14.6. The average molecular weight is 294 g/mol. The summed E-state index contributed by atoms with van der Waals surface area (Å²) in [5.74, 6) is 0. The van der Waals surface area contributed by atoms with Crippen molar-refractivity contribution >= 4 is 0 Å². The summed E-state index contributed by atoms with van der Waals surface area (Å²) in [6.45, 7) is 4.14. The van der Waals surface area contributed by atoms with Crippen molar-refractivity contribution in [2.24, 2.45) is 14.1 Å². The van der Waals surface area contributed by atoms with Crippen molar-refractivity contribution in [3.63, 3.8) is 0 Å². The lowest BCUT2D eigenvalue weighted by Gasteiger charge is -2.06. The van der Waals surface area contributed by atoms with Crippen molar-refractivity contribution in [2.75, 3.05) is 0 Å². The fraction of sp³-hybridized carbons (Fsp3) is 0.333. The third kappa shape index (κ3) is 2.82. The molecule has 0 aliphatic carbocycles. The molecule has 0 saturated heterocycles. The topological polar surface area (TPSA) is 35.6 Å². The Kier molecular flexibility index (Phi) is 3.84. The first-order valence-electron chi connectivity index (χ1n) is 7.62. The summed E-state index contributed by atoms with van der Waals surface area (Å²) in [5, 5.41) is 8.71. The molecule has 0 bridgehead atoms. The van der Waals surface area contributed by atoms with Gasteiger partial charge >= 0.3 is 0 Å². The zero-order valence-electron chi connectivity index (χ0n) is 13.7. The molecule has 1 aromatic carbocycles. The third-order valence-corrected chi connectivity index (χ3v) is 4.17. The molecule has 2 aromatic heterocycles. The molecule has 22 heavy (non-hydrogen) atoms. The van der Waals surface area contributed by atoms with Crippen LogP contribution in [-0.2, 0) is 26.9 Å². The van der Waals surface area contributed by atoms with Crippen molar-refractivity contribution in [2.45, 2.75) is 26.7 Å². The maximum absolute atomic E-state index is 4.41. The van der Waals surface area contributed by atoms with Crippen molar-refractivity contribution in [1.29, 1.82) is 0 Å². The largest absolute Gasteiger partial charge is 0.272 e. The fourth-order valence-electron chi connectivity index (χ4n) is 2.92. The maximum Gasteiger partial charge on any atom is 0.0681 e. The third-order valence-electron chi connectivity index (χ3n) is 4.17. The van der Waals surface area contributed by atoms with Crippen LogP contribution in [0.3, 0.4) is 0 Å². The Morgan fingerprint density at radius 2 is 1.68 bits per heavy atom. The van der Waals surface area contributed by atoms with Crippen molar-refractivity contribution < 1.29 is 0 Å². The summed E-state index contributed by atoms with van der Waals surface area (Å²) in [7, 11) is 4.00. The maximum atomic E-state index is 4.41. The van der Waals surface area contributed by atoms with Crippen molar-refractivity contribution in [3.8, 4) is 11.3 Å². The van der Waals surface area contributed by atoms with Crippen LogP contribution in [0, 0.1) is 13.8 Å². The van der Waals surface area contributed by atoms with Crippen LogP contribution in [0.2, 0.25) is 0 Å². The van der Waals surface area contributed by atoms with E-state index >= 15 is 0 Å². The van der Waals surface area contributed by atoms with Gasteiger partial charge in [0.1, 0.15) is 0 Å². The minimum atomic E-state index is 1.02. The molecule has 4 nitrogen and oxygen atoms in total. The highest BCUT2D eigenvalue weighted by Crippen LogP contribution is 2.21. The van der Waals surface area contributed by atoms with Gasteiger partial charge in [-0.1, -0.05) is 24.3 Å². The van der Waals surface area contributed by atoms with E-state index in [9.17, 15) is 0 Å². The van der Waals surface area contributed by atoms with Gasteiger partial charge in [0.2, 0.25) is 0 Å². The molecule has 0 aliphatic heterocycles. The summed E-state index contributed by atoms with van der Waals surface area (Å²) in [6.07, 6.45) is 3.99. The molecule has 114 valence electrons. The first-order valence-corrected chi connectivity index (χ1v) is 7.62. The van der Waals surface area contributed by atoms with E-state index in [1.807, 2.05) is 36.6 Å². The summed E-state index contributed by atoms with van der Waals surface area (Å²) >= 11 is 0. The molecule has 0 saturated carbocycles. The van der Waals surface area contributed by atoms with Gasteiger partial charge in [0.15, 0.2) is 0 Å². The number of benzene rings is 1. The Hall–Kier alpha value is -2.36. The number of aryl methyl sites for hydroxylation is 5. The van der Waals surface area contributed by atoms with Gasteiger partial charge in [-0.05, 0) is 49.4 Å². The van der Waals surface area contributed by atoms with Crippen LogP contribution < -0.4 is 0 Å². The highest BCUT2D eigenvalue weighted by molar-refractivity contribution is 5.60. The van der Waals surface area contributed by atoms with Crippen LogP contribution in [-0.4, -0.2) is 19.6 Å². The standard InChI is InChI=1S/C18H22N4/c1-13-12-19-21(3)17(13)10-7-15-5-8-16(9-6-15)18-11-14(2)20-22(18)4/h5-6,8-9,11-12H,7,10H2,1-4H3. The van der Waals surface area contributed by atoms with Gasteiger partial charge in [-0.2, -0.15) is 10.2 Å². The number of rotatable bonds is 4. The van der Waals surface area contributed by atoms with Crippen LogP contribution in [0.15, 0.2) is 36.5 Å². The monoisotopic (exact) mass is 294 g/mol. The second-order valence-corrected chi connectivity index (χ2v) is 5.89. The lowest BCUT2D eigenvalue weighted by Crippen LogP contribution is -2.01. The van der Waals surface area contributed by atoms with Gasteiger partial charge in [-0.25, -0.2) is 0 Å². The zero-order valence-corrected chi connectivity index (χ0v) is 13.7. The van der Waals surface area contributed by atoms with Gasteiger partial charge < -0.3 is 0 Å². The highest BCUT2D eigenvalue weighted by atomic mass is 15.3. The summed E-state index contributed by atoms with van der Waals surface area (Å²) in [6, 6.07) is 10.9. The van der Waals surface area contributed by atoms with Crippen molar-refractivity contribution in [3.05, 3.63) is 59.0 Å². The molecule has 0 atom stereocenters. The lowest BCUT2D eigenvalue weighted by molar-refractivity contribution is 0.701. The van der Waals surface area contributed by atoms with E-state index in [4.69, 9.17) is 0 Å². The summed E-state index contributed by atoms with van der Waals surface area (Å²) in [4.78, 5) is 0. The Morgan fingerprint density at radius 1 is 0.955 bits per heavy atom. The fourth-order valence-corrected chi connectivity index (χ4v) is 2.92. The smallest absolute Gasteiger partial charge is 0.0681 e.